The molecule has 0 bridgehead atoms. The second-order valence-corrected chi connectivity index (χ2v) is 19.4. The highest BCUT2D eigenvalue weighted by atomic mass is 32.1. The zero-order valence-electron chi connectivity index (χ0n) is 38.7. The third kappa shape index (κ3) is 31.1. The van der Waals surface area contributed by atoms with Gasteiger partial charge in [-0.15, -0.1) is 0 Å². The van der Waals surface area contributed by atoms with Crippen molar-refractivity contribution in [3.8, 4) is 0 Å². The summed E-state index contributed by atoms with van der Waals surface area (Å²) in [4.78, 5) is 0. The monoisotopic (exact) mass is 873 g/mol. The molecule has 0 saturated heterocycles. The first-order valence-electron chi connectivity index (χ1n) is 24.1. The Morgan fingerprint density at radius 2 is 0.491 bits per heavy atom. The second-order valence-electron chi connectivity index (χ2n) is 17.8. The van der Waals surface area contributed by atoms with Gasteiger partial charge in [0, 0.05) is 23.7 Å². The summed E-state index contributed by atoms with van der Waals surface area (Å²) in [5, 5.41) is 2.57. The van der Waals surface area contributed by atoms with E-state index in [0.717, 1.165) is 51.4 Å². The zero-order chi connectivity index (χ0) is 42.6. The normalized spacial score (nSPS) is 14.6. The van der Waals surface area contributed by atoms with E-state index in [1.54, 1.807) is 0 Å². The summed E-state index contributed by atoms with van der Waals surface area (Å²) >= 11 is 23.7. The fourth-order valence-corrected chi connectivity index (χ4v) is 7.82. The minimum Gasteiger partial charge on any atom is -0.486 e. The van der Waals surface area contributed by atoms with E-state index < -0.39 is 5.41 Å². The van der Waals surface area contributed by atoms with Crippen LogP contribution in [-0.4, -0.2) is 46.6 Å². The van der Waals surface area contributed by atoms with E-state index in [9.17, 15) is 0 Å². The largest absolute Gasteiger partial charge is 0.486 e. The highest BCUT2D eigenvalue weighted by molar-refractivity contribution is 7.80. The van der Waals surface area contributed by atoms with E-state index in [1.807, 2.05) is 0 Å². The molecule has 4 nitrogen and oxygen atoms in total. The molecule has 0 radical (unpaired) electrons. The molecule has 0 aromatic heterocycles. The predicted octanol–water partition coefficient (Wildman–Crippen LogP) is 16.9. The predicted molar refractivity (Wildman–Crippen MR) is 265 cm³/mol. The van der Waals surface area contributed by atoms with Gasteiger partial charge in [-0.05, 0) is 74.6 Å². The van der Waals surface area contributed by atoms with Crippen LogP contribution in [-0.2, 0) is 18.9 Å². The molecule has 0 aliphatic carbocycles. The van der Waals surface area contributed by atoms with Crippen LogP contribution in [0.15, 0.2) is 0 Å². The van der Waals surface area contributed by atoms with Gasteiger partial charge in [0.05, 0.1) is 0 Å². The Kier molecular flexibility index (Phi) is 38.2. The fourth-order valence-electron chi connectivity index (χ4n) is 7.11. The highest BCUT2D eigenvalue weighted by Gasteiger charge is 2.38. The molecule has 0 aliphatic heterocycles. The molecule has 0 fully saturated rings. The molecular weight excluding hydrogens is 781 g/mol. The smallest absolute Gasteiger partial charge is 0.162 e. The summed E-state index contributed by atoms with van der Waals surface area (Å²) in [6.07, 6.45) is 34.4. The van der Waals surface area contributed by atoms with Crippen LogP contribution in [0.2, 0.25) is 0 Å². The van der Waals surface area contributed by atoms with E-state index in [1.165, 1.54) is 128 Å². The molecule has 0 rings (SSSR count). The van der Waals surface area contributed by atoms with Gasteiger partial charge in [0.2, 0.25) is 0 Å². The number of hydrogen-bond donors (Lipinski definition) is 0. The van der Waals surface area contributed by atoms with Crippen molar-refractivity contribution in [1.82, 2.24) is 0 Å². The van der Waals surface area contributed by atoms with Gasteiger partial charge < -0.3 is 18.9 Å². The van der Waals surface area contributed by atoms with Crippen molar-refractivity contribution in [2.75, 3.05) is 26.4 Å². The Bertz CT molecular complexity index is 846. The topological polar surface area (TPSA) is 36.9 Å². The molecule has 0 saturated carbocycles. The van der Waals surface area contributed by atoms with Gasteiger partial charge >= 0.3 is 0 Å². The van der Waals surface area contributed by atoms with Crippen LogP contribution in [0.1, 0.15) is 235 Å². The Morgan fingerprint density at radius 1 is 0.316 bits per heavy atom. The van der Waals surface area contributed by atoms with Crippen LogP contribution in [0.3, 0.4) is 0 Å². The van der Waals surface area contributed by atoms with E-state index >= 15 is 0 Å². The van der Waals surface area contributed by atoms with Crippen LogP contribution < -0.4 is 0 Å². The van der Waals surface area contributed by atoms with E-state index in [-0.39, 0.29) is 23.7 Å². The quantitative estimate of drug-likeness (QED) is 0.0445. The second kappa shape index (κ2) is 38.5. The molecule has 0 aromatic carbocycles. The van der Waals surface area contributed by atoms with E-state index in [2.05, 4.69) is 55.4 Å². The minimum absolute atomic E-state index is 0.182. The minimum atomic E-state index is -0.707. The summed E-state index contributed by atoms with van der Waals surface area (Å²) in [6, 6.07) is 0. The summed E-state index contributed by atoms with van der Waals surface area (Å²) in [5.74, 6) is 0.729. The lowest BCUT2D eigenvalue weighted by molar-refractivity contribution is -0.0195. The lowest BCUT2D eigenvalue weighted by Gasteiger charge is -2.35. The zero-order valence-corrected chi connectivity index (χ0v) is 42.0. The van der Waals surface area contributed by atoms with Gasteiger partial charge in [0.15, 0.2) is 20.2 Å². The van der Waals surface area contributed by atoms with Gasteiger partial charge in [-0.2, -0.15) is 0 Å². The number of hydrogen-bond acceptors (Lipinski definition) is 8. The molecule has 0 aliphatic rings. The van der Waals surface area contributed by atoms with Crippen molar-refractivity contribution in [3.05, 3.63) is 0 Å². The number of rotatable bonds is 40. The summed E-state index contributed by atoms with van der Waals surface area (Å²) in [5.41, 5.74) is -0.707. The van der Waals surface area contributed by atoms with Crippen molar-refractivity contribution in [2.24, 2.45) is 29.1 Å². The maximum Gasteiger partial charge on any atom is 0.162 e. The van der Waals surface area contributed by atoms with E-state index in [0.29, 0.717) is 46.6 Å². The van der Waals surface area contributed by atoms with Gasteiger partial charge in [-0.3, -0.25) is 0 Å². The van der Waals surface area contributed by atoms with Crippen LogP contribution >= 0.6 is 48.9 Å². The van der Waals surface area contributed by atoms with Crippen molar-refractivity contribution >= 4 is 69.1 Å². The maximum absolute atomic E-state index is 6.54. The Morgan fingerprint density at radius 3 is 0.684 bits per heavy atom. The lowest BCUT2D eigenvalue weighted by Crippen LogP contribution is -2.44. The summed E-state index contributed by atoms with van der Waals surface area (Å²) < 4.78 is 26.2. The third-order valence-electron chi connectivity index (χ3n) is 11.7. The summed E-state index contributed by atoms with van der Waals surface area (Å²) in [7, 11) is 0. The molecule has 8 heteroatoms. The van der Waals surface area contributed by atoms with Crippen LogP contribution in [0.4, 0.5) is 0 Å². The Hall–Kier alpha value is -0.440. The average Bonchev–Trinajstić information content (AvgIpc) is 3.21. The molecule has 336 valence electrons. The van der Waals surface area contributed by atoms with Crippen LogP contribution in [0.5, 0.6) is 0 Å². The molecule has 0 amide bonds. The average molecular weight is 874 g/mol. The first kappa shape index (κ1) is 56.6. The molecule has 0 N–H and O–H groups in total. The molecule has 4 atom stereocenters. The molecule has 0 aromatic rings. The van der Waals surface area contributed by atoms with Gasteiger partial charge in [0.1, 0.15) is 31.8 Å². The Labute approximate surface area is 376 Å². The Balaban J connectivity index is 5.96. The molecule has 4 unspecified atom stereocenters. The van der Waals surface area contributed by atoms with Crippen LogP contribution in [0, 0.1) is 29.1 Å². The third-order valence-corrected chi connectivity index (χ3v) is 13.7. The first-order valence-corrected chi connectivity index (χ1v) is 25.8. The SMILES string of the molecule is CCCCCCCCC(C)C(=S)OCC(COC(=S)C(C)CCCCCCCC)(COC(=S)C(C)CCCCCCCC)COC(=S)C(C)CCCCCCCC. The fraction of sp³-hybridized carbons (Fsp3) is 0.918. The molecule has 0 heterocycles. The maximum atomic E-state index is 6.54. The highest BCUT2D eigenvalue weighted by Crippen LogP contribution is 2.27. The van der Waals surface area contributed by atoms with Gasteiger partial charge in [-0.25, -0.2) is 0 Å². The molecule has 57 heavy (non-hydrogen) atoms. The molecule has 0 spiro atoms. The van der Waals surface area contributed by atoms with Crippen molar-refractivity contribution < 1.29 is 18.9 Å². The van der Waals surface area contributed by atoms with Crippen LogP contribution in [0.25, 0.3) is 0 Å². The number of unbranched alkanes of at least 4 members (excludes halogenated alkanes) is 20. The number of ether oxygens (including phenoxy) is 4. The number of thiocarbonyl (C=S) groups is 4. The van der Waals surface area contributed by atoms with E-state index in [4.69, 9.17) is 67.8 Å². The molecular formula is C49H92O4S4. The van der Waals surface area contributed by atoms with Crippen molar-refractivity contribution in [2.45, 2.75) is 235 Å². The lowest BCUT2D eigenvalue weighted by atomic mass is 9.91. The van der Waals surface area contributed by atoms with Crippen molar-refractivity contribution in [3.63, 3.8) is 0 Å². The summed E-state index contributed by atoms with van der Waals surface area (Å²) in [6.45, 7) is 19.0. The van der Waals surface area contributed by atoms with Gasteiger partial charge in [-0.1, -0.05) is 209 Å². The van der Waals surface area contributed by atoms with Crippen molar-refractivity contribution in [1.29, 1.82) is 0 Å². The standard InChI is InChI=1S/C49H92O4S4/c1-9-13-17-21-25-29-33-41(5)45(54)50-37-49(38-51-46(55)42(6)34-30-26-22-18-14-10-2,39-52-47(56)43(7)35-31-27-23-19-15-11-3)40-53-48(57)44(8)36-32-28-24-20-16-12-4/h41-44H,9-40H2,1-8H3. The van der Waals surface area contributed by atoms with Gasteiger partial charge in [0.25, 0.3) is 0 Å². The first-order chi connectivity index (χ1) is 27.5.